The van der Waals surface area contributed by atoms with E-state index in [4.69, 9.17) is 4.74 Å². The van der Waals surface area contributed by atoms with Gasteiger partial charge in [-0.25, -0.2) is 0 Å². The molecule has 2 rings (SSSR count). The molecule has 2 fully saturated rings. The van der Waals surface area contributed by atoms with E-state index in [0.29, 0.717) is 12.8 Å². The van der Waals surface area contributed by atoms with E-state index in [2.05, 4.69) is 4.74 Å². The monoisotopic (exact) mass is 256 g/mol. The van der Waals surface area contributed by atoms with Gasteiger partial charge in [-0.05, 0) is 25.7 Å². The van der Waals surface area contributed by atoms with Gasteiger partial charge < -0.3 is 14.6 Å². The molecular weight excluding hydrogens is 240 g/mol. The summed E-state index contributed by atoms with van der Waals surface area (Å²) in [4.78, 5) is 34.2. The smallest absolute Gasteiger partial charge is 0.320 e. The minimum absolute atomic E-state index is 0.0812. The van der Waals surface area contributed by atoms with E-state index in [1.807, 2.05) is 0 Å². The lowest BCUT2D eigenvalue weighted by molar-refractivity contribution is -0.178. The first-order valence-corrected chi connectivity index (χ1v) is 5.94. The van der Waals surface area contributed by atoms with Gasteiger partial charge in [-0.3, -0.25) is 14.4 Å². The Hall–Kier alpha value is -1.43. The van der Waals surface area contributed by atoms with Crippen molar-refractivity contribution in [2.45, 2.75) is 32.3 Å². The van der Waals surface area contributed by atoms with Gasteiger partial charge in [0.1, 0.15) is 6.61 Å². The number of hydrogen-bond acceptors (Lipinski definition) is 6. The summed E-state index contributed by atoms with van der Waals surface area (Å²) >= 11 is 0. The number of cyclic esters (lactones) is 1. The fraction of sp³-hybridized carbons (Fsp3) is 0.750. The summed E-state index contributed by atoms with van der Waals surface area (Å²) in [6.45, 7) is 2.63. The van der Waals surface area contributed by atoms with Crippen LogP contribution in [0.2, 0.25) is 0 Å². The molecule has 1 aliphatic heterocycles. The summed E-state index contributed by atoms with van der Waals surface area (Å²) in [5.74, 6) is -3.52. The Morgan fingerprint density at radius 2 is 2.17 bits per heavy atom. The fourth-order valence-corrected chi connectivity index (χ4v) is 2.95. The largest absolute Gasteiger partial charge is 0.464 e. The molecule has 0 radical (unpaired) electrons. The van der Waals surface area contributed by atoms with E-state index >= 15 is 0 Å². The Labute approximate surface area is 104 Å². The van der Waals surface area contributed by atoms with Crippen LogP contribution in [0, 0.1) is 17.8 Å². The molecule has 18 heavy (non-hydrogen) atoms. The van der Waals surface area contributed by atoms with Gasteiger partial charge in [-0.2, -0.15) is 0 Å². The number of carbonyl (C=O) groups excluding carboxylic acids is 3. The second-order valence-corrected chi connectivity index (χ2v) is 5.19. The molecule has 2 unspecified atom stereocenters. The van der Waals surface area contributed by atoms with Gasteiger partial charge in [0.2, 0.25) is 0 Å². The minimum atomic E-state index is -1.16. The molecule has 0 aromatic rings. The van der Waals surface area contributed by atoms with Crippen molar-refractivity contribution in [3.63, 3.8) is 0 Å². The highest BCUT2D eigenvalue weighted by atomic mass is 16.6. The molecular formula is C12H16O6. The average Bonchev–Trinajstić information content (AvgIpc) is 2.55. The number of esters is 3. The number of ether oxygens (including phenoxy) is 2. The number of carbonyl (C=O) groups is 3. The highest BCUT2D eigenvalue weighted by Gasteiger charge is 2.56. The zero-order valence-corrected chi connectivity index (χ0v) is 10.3. The fourth-order valence-electron chi connectivity index (χ4n) is 2.95. The highest BCUT2D eigenvalue weighted by molar-refractivity contribution is 5.87. The van der Waals surface area contributed by atoms with Crippen molar-refractivity contribution in [3.05, 3.63) is 0 Å². The average molecular weight is 256 g/mol. The van der Waals surface area contributed by atoms with Crippen LogP contribution < -0.4 is 0 Å². The number of hydrogen-bond donors (Lipinski definition) is 1. The Kier molecular flexibility index (Phi) is 3.14. The van der Waals surface area contributed by atoms with E-state index in [1.54, 1.807) is 6.92 Å². The van der Waals surface area contributed by atoms with E-state index in [1.165, 1.54) is 0 Å². The summed E-state index contributed by atoms with van der Waals surface area (Å²) in [5.41, 5.74) is -1.16. The maximum absolute atomic E-state index is 11.8. The third-order valence-corrected chi connectivity index (χ3v) is 3.80. The summed E-state index contributed by atoms with van der Waals surface area (Å²) in [6.07, 6.45) is 0.978. The molecule has 1 saturated carbocycles. The van der Waals surface area contributed by atoms with Crippen molar-refractivity contribution in [3.8, 4) is 0 Å². The lowest BCUT2D eigenvalue weighted by atomic mass is 9.78. The Balaban J connectivity index is 2.18. The zero-order chi connectivity index (χ0) is 13.5. The number of rotatable bonds is 1. The number of fused-ring (bicyclic) bond motifs is 1. The normalized spacial score (nSPS) is 38.8. The molecule has 0 amide bonds. The predicted molar refractivity (Wildman–Crippen MR) is 58.1 cm³/mol. The maximum Gasteiger partial charge on any atom is 0.320 e. The van der Waals surface area contributed by atoms with Crippen LogP contribution in [-0.2, 0) is 23.9 Å². The van der Waals surface area contributed by atoms with E-state index in [0.717, 1.165) is 6.92 Å². The molecule has 6 nitrogen and oxygen atoms in total. The zero-order valence-electron chi connectivity index (χ0n) is 10.3. The molecule has 0 aromatic carbocycles. The maximum atomic E-state index is 11.8. The quantitative estimate of drug-likeness (QED) is 0.525. The Morgan fingerprint density at radius 3 is 2.78 bits per heavy atom. The molecule has 1 saturated heterocycles. The molecule has 1 aliphatic carbocycles. The van der Waals surface area contributed by atoms with Gasteiger partial charge in [-0.1, -0.05) is 0 Å². The number of aliphatic hydroxyl groups is 1. The minimum Gasteiger partial charge on any atom is -0.464 e. The molecule has 1 heterocycles. The van der Waals surface area contributed by atoms with Crippen LogP contribution in [0.1, 0.15) is 26.7 Å². The van der Waals surface area contributed by atoms with Crippen molar-refractivity contribution >= 4 is 17.9 Å². The summed E-state index contributed by atoms with van der Waals surface area (Å²) < 4.78 is 9.48. The molecule has 0 spiro atoms. The van der Waals surface area contributed by atoms with Gasteiger partial charge in [0.15, 0.2) is 0 Å². The van der Waals surface area contributed by atoms with Gasteiger partial charge in [0, 0.05) is 6.92 Å². The summed E-state index contributed by atoms with van der Waals surface area (Å²) in [6, 6.07) is 0. The first-order valence-electron chi connectivity index (χ1n) is 5.94. The van der Waals surface area contributed by atoms with Crippen LogP contribution in [0.3, 0.4) is 0 Å². The van der Waals surface area contributed by atoms with Crippen LogP contribution in [0.5, 0.6) is 0 Å². The first kappa shape index (κ1) is 13.0. The second kappa shape index (κ2) is 4.35. The van der Waals surface area contributed by atoms with Gasteiger partial charge in [0.05, 0.1) is 17.4 Å². The van der Waals surface area contributed by atoms with Crippen LogP contribution in [0.4, 0.5) is 0 Å². The molecule has 1 N–H and O–H groups in total. The summed E-state index contributed by atoms with van der Waals surface area (Å²) in [7, 11) is 0. The molecule has 0 bridgehead atoms. The lowest BCUT2D eigenvalue weighted by Gasteiger charge is -2.35. The van der Waals surface area contributed by atoms with E-state index < -0.39 is 35.3 Å². The lowest BCUT2D eigenvalue weighted by Crippen LogP contribution is -2.48. The van der Waals surface area contributed by atoms with Crippen molar-refractivity contribution in [1.82, 2.24) is 0 Å². The van der Waals surface area contributed by atoms with E-state index in [-0.39, 0.29) is 12.5 Å². The Morgan fingerprint density at radius 1 is 1.50 bits per heavy atom. The van der Waals surface area contributed by atoms with E-state index in [9.17, 15) is 19.5 Å². The van der Waals surface area contributed by atoms with Crippen LogP contribution in [0.15, 0.2) is 0 Å². The van der Waals surface area contributed by atoms with Crippen molar-refractivity contribution in [1.29, 1.82) is 0 Å². The van der Waals surface area contributed by atoms with Gasteiger partial charge in [0.25, 0.3) is 0 Å². The molecule has 0 aromatic heterocycles. The van der Waals surface area contributed by atoms with Crippen molar-refractivity contribution in [2.24, 2.45) is 17.8 Å². The highest BCUT2D eigenvalue weighted by Crippen LogP contribution is 2.47. The van der Waals surface area contributed by atoms with Crippen LogP contribution in [0.25, 0.3) is 0 Å². The third-order valence-electron chi connectivity index (χ3n) is 3.80. The molecule has 100 valence electrons. The standard InChI is InChI=1S/C12H16O6/c1-6(13)18-10(14)8-5-17-11(15)9-7(8)3-4-12(9,2)16/h7-9,16H,3-5H2,1-2H3/t7?,8-,9?,12-/m1/s1. The van der Waals surface area contributed by atoms with Gasteiger partial charge in [-0.15, -0.1) is 0 Å². The molecule has 2 aliphatic rings. The van der Waals surface area contributed by atoms with Crippen molar-refractivity contribution in [2.75, 3.05) is 6.61 Å². The van der Waals surface area contributed by atoms with Crippen LogP contribution >= 0.6 is 0 Å². The van der Waals surface area contributed by atoms with Crippen molar-refractivity contribution < 1.29 is 29.0 Å². The predicted octanol–water partition coefficient (Wildman–Crippen LogP) is 0.0263. The SMILES string of the molecule is CC(=O)OC(=O)[C@@H]1COC(=O)C2C1CC[C@@]2(C)O. The topological polar surface area (TPSA) is 89.9 Å². The Bertz CT molecular complexity index is 399. The third kappa shape index (κ3) is 2.12. The second-order valence-electron chi connectivity index (χ2n) is 5.19. The summed E-state index contributed by atoms with van der Waals surface area (Å²) in [5, 5.41) is 10.1. The first-order chi connectivity index (χ1) is 8.33. The van der Waals surface area contributed by atoms with Crippen LogP contribution in [-0.4, -0.2) is 35.2 Å². The molecule has 4 atom stereocenters. The molecule has 6 heteroatoms. The van der Waals surface area contributed by atoms with Gasteiger partial charge >= 0.3 is 17.9 Å².